The van der Waals surface area contributed by atoms with Crippen molar-refractivity contribution in [2.75, 3.05) is 0 Å². The molecule has 4 N–H and O–H groups in total. The summed E-state index contributed by atoms with van der Waals surface area (Å²) in [5, 5.41) is 33.1. The van der Waals surface area contributed by atoms with Gasteiger partial charge in [0.25, 0.3) is 0 Å². The number of phenolic OH excluding ortho intramolecular Hbond substituents is 2. The lowest BCUT2D eigenvalue weighted by molar-refractivity contribution is -0.137. The molecule has 7 heteroatoms. The van der Waals surface area contributed by atoms with Gasteiger partial charge in [-0.3, -0.25) is 9.59 Å². The second kappa shape index (κ2) is 11.2. The molecule has 0 amide bonds. The van der Waals surface area contributed by atoms with E-state index >= 15 is 0 Å². The number of carbonyl (C=O) groups is 2. The summed E-state index contributed by atoms with van der Waals surface area (Å²) in [6.45, 7) is 3.20. The van der Waals surface area contributed by atoms with Crippen LogP contribution in [0.1, 0.15) is 26.7 Å². The van der Waals surface area contributed by atoms with Crippen LogP contribution >= 0.6 is 11.6 Å². The molecule has 19 heavy (non-hydrogen) atoms. The summed E-state index contributed by atoms with van der Waals surface area (Å²) in [5.74, 6) is -1.46. The maximum atomic E-state index is 9.37. The number of aliphatic carboxylic acids is 2. The molecule has 1 aromatic rings. The molecule has 1 rings (SSSR count). The molecule has 1 aromatic carbocycles. The second-order valence-electron chi connectivity index (χ2n) is 3.13. The van der Waals surface area contributed by atoms with Crippen molar-refractivity contribution >= 4 is 23.5 Å². The third-order valence-electron chi connectivity index (χ3n) is 1.54. The van der Waals surface area contributed by atoms with Gasteiger partial charge in [0.05, 0.1) is 5.02 Å². The molecule has 0 fully saturated rings. The summed E-state index contributed by atoms with van der Waals surface area (Å²) in [7, 11) is 0. The highest BCUT2D eigenvalue weighted by molar-refractivity contribution is 6.32. The lowest BCUT2D eigenvalue weighted by atomic mass is 10.3. The highest BCUT2D eigenvalue weighted by Crippen LogP contribution is 2.26. The molecule has 0 saturated carbocycles. The normalized spacial score (nSPS) is 8.37. The van der Waals surface area contributed by atoms with E-state index in [0.29, 0.717) is 0 Å². The number of carboxylic acid groups (broad SMARTS) is 2. The van der Waals surface area contributed by atoms with Crippen molar-refractivity contribution in [3.63, 3.8) is 0 Å². The Morgan fingerprint density at radius 3 is 1.63 bits per heavy atom. The van der Waals surface area contributed by atoms with Gasteiger partial charge in [0.15, 0.2) is 0 Å². The minimum atomic E-state index is -0.745. The molecule has 6 nitrogen and oxygen atoms in total. The van der Waals surface area contributed by atoms with E-state index in [1.54, 1.807) is 13.8 Å². The Bertz CT molecular complexity index is 391. The van der Waals surface area contributed by atoms with E-state index in [9.17, 15) is 9.59 Å². The molecule has 0 bridgehead atoms. The highest BCUT2D eigenvalue weighted by atomic mass is 35.5. The lowest BCUT2D eigenvalue weighted by Crippen LogP contribution is -1.86. The zero-order valence-electron chi connectivity index (χ0n) is 10.6. The van der Waals surface area contributed by atoms with Crippen LogP contribution in [-0.4, -0.2) is 32.4 Å². The maximum absolute atomic E-state index is 9.37. The highest BCUT2D eigenvalue weighted by Gasteiger charge is 1.95. The van der Waals surface area contributed by atoms with Gasteiger partial charge in [-0.1, -0.05) is 25.4 Å². The van der Waals surface area contributed by atoms with Crippen LogP contribution in [0.3, 0.4) is 0 Å². The Hall–Kier alpha value is -1.95. The molecule has 0 unspecified atom stereocenters. The number of benzene rings is 1. The third kappa shape index (κ3) is 14.0. The van der Waals surface area contributed by atoms with E-state index in [1.165, 1.54) is 18.2 Å². The Labute approximate surface area is 115 Å². The van der Waals surface area contributed by atoms with Gasteiger partial charge >= 0.3 is 11.9 Å². The largest absolute Gasteiger partial charge is 0.508 e. The maximum Gasteiger partial charge on any atom is 0.303 e. The number of hydrogen-bond donors (Lipinski definition) is 4. The first-order valence-electron chi connectivity index (χ1n) is 5.35. The first kappa shape index (κ1) is 19.4. The minimum absolute atomic E-state index is 0.0190. The van der Waals surface area contributed by atoms with Gasteiger partial charge in [-0.25, -0.2) is 0 Å². The van der Waals surface area contributed by atoms with Crippen molar-refractivity contribution in [3.8, 4) is 11.5 Å². The summed E-state index contributed by atoms with van der Waals surface area (Å²) in [5.41, 5.74) is 0. The molecule has 0 atom stereocenters. The Morgan fingerprint density at radius 1 is 1.05 bits per heavy atom. The fourth-order valence-corrected chi connectivity index (χ4v) is 0.671. The van der Waals surface area contributed by atoms with Crippen molar-refractivity contribution in [1.82, 2.24) is 0 Å². The number of aromatic hydroxyl groups is 2. The van der Waals surface area contributed by atoms with Gasteiger partial charge in [-0.05, 0) is 12.1 Å². The molecule has 0 aromatic heterocycles. The van der Waals surface area contributed by atoms with E-state index in [1.807, 2.05) is 0 Å². The van der Waals surface area contributed by atoms with Crippen LogP contribution in [0, 0.1) is 0 Å². The quantitative estimate of drug-likeness (QED) is 0.623. The molecular formula is C12H17ClO6. The average Bonchev–Trinajstić information content (AvgIpc) is 2.35. The van der Waals surface area contributed by atoms with Gasteiger partial charge in [-0.2, -0.15) is 0 Å². The minimum Gasteiger partial charge on any atom is -0.508 e. The van der Waals surface area contributed by atoms with Crippen LogP contribution in [0.25, 0.3) is 0 Å². The summed E-state index contributed by atoms with van der Waals surface area (Å²) in [4.78, 5) is 18.7. The monoisotopic (exact) mass is 292 g/mol. The first-order valence-corrected chi connectivity index (χ1v) is 5.73. The van der Waals surface area contributed by atoms with Crippen LogP contribution in [-0.2, 0) is 9.59 Å². The van der Waals surface area contributed by atoms with E-state index in [0.717, 1.165) is 0 Å². The van der Waals surface area contributed by atoms with Crippen LogP contribution in [0.15, 0.2) is 18.2 Å². The van der Waals surface area contributed by atoms with E-state index < -0.39 is 11.9 Å². The van der Waals surface area contributed by atoms with E-state index in [-0.39, 0.29) is 29.4 Å². The Kier molecular flexibility index (Phi) is 11.4. The van der Waals surface area contributed by atoms with Crippen molar-refractivity contribution in [2.45, 2.75) is 26.7 Å². The summed E-state index contributed by atoms with van der Waals surface area (Å²) >= 11 is 5.40. The van der Waals surface area contributed by atoms with Gasteiger partial charge in [0.2, 0.25) is 0 Å². The van der Waals surface area contributed by atoms with Crippen molar-refractivity contribution < 1.29 is 30.0 Å². The third-order valence-corrected chi connectivity index (χ3v) is 1.84. The predicted octanol–water partition coefficient (Wildman–Crippen LogP) is 2.71. The topological polar surface area (TPSA) is 115 Å². The standard InChI is InChI=1S/C6H5ClO2.2C3H6O2/c7-5-3-4(8)1-2-6(5)9;2*1-2-3(4)5/h1-3,8-9H;2*2H2,1H3,(H,4,5). The molecule has 0 heterocycles. The SMILES string of the molecule is CCC(=O)O.CCC(=O)O.Oc1ccc(O)c(Cl)c1. The molecule has 0 spiro atoms. The second-order valence-corrected chi connectivity index (χ2v) is 3.54. The fourth-order valence-electron chi connectivity index (χ4n) is 0.496. The predicted molar refractivity (Wildman–Crippen MR) is 70.6 cm³/mol. The van der Waals surface area contributed by atoms with Gasteiger partial charge in [-0.15, -0.1) is 0 Å². The number of rotatable bonds is 2. The lowest BCUT2D eigenvalue weighted by Gasteiger charge is -1.94. The molecule has 0 aliphatic carbocycles. The van der Waals surface area contributed by atoms with Crippen LogP contribution in [0.4, 0.5) is 0 Å². The molecule has 0 aliphatic rings. The van der Waals surface area contributed by atoms with Crippen molar-refractivity contribution in [3.05, 3.63) is 23.2 Å². The van der Waals surface area contributed by atoms with Gasteiger partial charge in [0.1, 0.15) is 11.5 Å². The van der Waals surface area contributed by atoms with Crippen molar-refractivity contribution in [1.29, 1.82) is 0 Å². The number of phenols is 2. The van der Waals surface area contributed by atoms with Gasteiger partial charge in [0, 0.05) is 18.9 Å². The van der Waals surface area contributed by atoms with E-state index in [4.69, 9.17) is 32.0 Å². The summed E-state index contributed by atoms with van der Waals surface area (Å²) in [6.07, 6.45) is 0.444. The number of hydrogen-bond acceptors (Lipinski definition) is 4. The zero-order valence-corrected chi connectivity index (χ0v) is 11.4. The number of carboxylic acids is 2. The first-order chi connectivity index (χ1) is 8.74. The molecule has 0 radical (unpaired) electrons. The smallest absolute Gasteiger partial charge is 0.303 e. The van der Waals surface area contributed by atoms with Gasteiger partial charge < -0.3 is 20.4 Å². The van der Waals surface area contributed by atoms with Crippen LogP contribution in [0.2, 0.25) is 5.02 Å². The molecule has 0 aliphatic heterocycles. The summed E-state index contributed by atoms with van der Waals surface area (Å²) in [6, 6.07) is 3.97. The molecule has 0 saturated heterocycles. The van der Waals surface area contributed by atoms with Crippen LogP contribution < -0.4 is 0 Å². The van der Waals surface area contributed by atoms with E-state index in [2.05, 4.69) is 0 Å². The fraction of sp³-hybridized carbons (Fsp3) is 0.333. The molecular weight excluding hydrogens is 276 g/mol. The Balaban J connectivity index is 0. The average molecular weight is 293 g/mol. The summed E-state index contributed by atoms with van der Waals surface area (Å²) < 4.78 is 0. The Morgan fingerprint density at radius 2 is 1.42 bits per heavy atom. The van der Waals surface area contributed by atoms with Crippen LogP contribution in [0.5, 0.6) is 11.5 Å². The zero-order chi connectivity index (χ0) is 15.4. The van der Waals surface area contributed by atoms with Crippen molar-refractivity contribution in [2.24, 2.45) is 0 Å². The number of halogens is 1. The molecule has 108 valence electrons.